The molecule has 0 radical (unpaired) electrons. The Morgan fingerprint density at radius 2 is 2.29 bits per heavy atom. The van der Waals surface area contributed by atoms with Crippen molar-refractivity contribution in [3.05, 3.63) is 31.9 Å². The van der Waals surface area contributed by atoms with E-state index in [1.54, 1.807) is 12.1 Å². The minimum absolute atomic E-state index is 0.120. The first-order chi connectivity index (χ1) is 8.15. The number of anilines is 1. The van der Waals surface area contributed by atoms with Crippen molar-refractivity contribution >= 4 is 34.0 Å². The molecule has 5 nitrogen and oxygen atoms in total. The average molecular weight is 350 g/mol. The molecule has 0 heterocycles. The van der Waals surface area contributed by atoms with Gasteiger partial charge >= 0.3 is 0 Å². The topological polar surface area (TPSA) is 64.4 Å². The number of rotatable bonds is 7. The van der Waals surface area contributed by atoms with Gasteiger partial charge in [-0.05, 0) is 42.0 Å². The van der Waals surface area contributed by atoms with Gasteiger partial charge in [-0.1, -0.05) is 0 Å². The molecule has 17 heavy (non-hydrogen) atoms. The van der Waals surface area contributed by atoms with Crippen molar-refractivity contribution in [1.82, 2.24) is 0 Å². The van der Waals surface area contributed by atoms with Crippen LogP contribution in [-0.4, -0.2) is 24.7 Å². The Morgan fingerprint density at radius 1 is 1.53 bits per heavy atom. The second kappa shape index (κ2) is 7.44. The average Bonchev–Trinajstić information content (AvgIpc) is 2.30. The summed E-state index contributed by atoms with van der Waals surface area (Å²) in [5, 5.41) is 13.8. The number of hydrogen-bond acceptors (Lipinski definition) is 4. The van der Waals surface area contributed by atoms with Crippen LogP contribution in [0.3, 0.4) is 0 Å². The van der Waals surface area contributed by atoms with E-state index in [2.05, 4.69) is 27.9 Å². The van der Waals surface area contributed by atoms with Crippen molar-refractivity contribution in [3.63, 3.8) is 0 Å². The summed E-state index contributed by atoms with van der Waals surface area (Å²) in [6.45, 7) is 4.22. The van der Waals surface area contributed by atoms with Crippen LogP contribution in [0, 0.1) is 13.7 Å². The van der Waals surface area contributed by atoms with Crippen LogP contribution >= 0.6 is 22.6 Å². The zero-order valence-corrected chi connectivity index (χ0v) is 11.8. The molecule has 0 aliphatic heterocycles. The van der Waals surface area contributed by atoms with Gasteiger partial charge in [-0.2, -0.15) is 0 Å². The molecule has 1 N–H and O–H groups in total. The van der Waals surface area contributed by atoms with Crippen molar-refractivity contribution < 1.29 is 9.66 Å². The van der Waals surface area contributed by atoms with Crippen LogP contribution in [0.15, 0.2) is 18.2 Å². The summed E-state index contributed by atoms with van der Waals surface area (Å²) in [6.07, 6.45) is 0.918. The summed E-state index contributed by atoms with van der Waals surface area (Å²) in [5.74, 6) is 0. The van der Waals surface area contributed by atoms with E-state index in [-0.39, 0.29) is 10.6 Å². The molecule has 94 valence electrons. The molecular formula is C11H15IN2O3. The number of non-ortho nitro benzene ring substituents is 1. The predicted molar refractivity (Wildman–Crippen MR) is 75.4 cm³/mol. The largest absolute Gasteiger partial charge is 0.384 e. The van der Waals surface area contributed by atoms with E-state index >= 15 is 0 Å². The first kappa shape index (κ1) is 14.2. The van der Waals surface area contributed by atoms with Gasteiger partial charge in [0.15, 0.2) is 0 Å². The highest BCUT2D eigenvalue weighted by Gasteiger charge is 2.08. The Labute approximate surface area is 114 Å². The van der Waals surface area contributed by atoms with Crippen molar-refractivity contribution in [2.24, 2.45) is 0 Å². The van der Waals surface area contributed by atoms with Crippen LogP contribution in [-0.2, 0) is 4.74 Å². The molecule has 0 amide bonds. The second-order valence-electron chi connectivity index (χ2n) is 3.40. The molecule has 6 heteroatoms. The van der Waals surface area contributed by atoms with Gasteiger partial charge in [-0.3, -0.25) is 10.1 Å². The zero-order chi connectivity index (χ0) is 12.7. The molecule has 0 atom stereocenters. The number of benzene rings is 1. The number of hydrogen-bond donors (Lipinski definition) is 1. The third kappa shape index (κ3) is 4.86. The molecule has 0 aliphatic rings. The van der Waals surface area contributed by atoms with E-state index in [4.69, 9.17) is 4.74 Å². The van der Waals surface area contributed by atoms with Crippen LogP contribution in [0.2, 0.25) is 0 Å². The van der Waals surface area contributed by atoms with Crippen molar-refractivity contribution in [3.8, 4) is 0 Å². The SMILES string of the molecule is CCOCCCNc1ccc([N+](=O)[O-])cc1I. The van der Waals surface area contributed by atoms with Gasteiger partial charge in [0, 0.05) is 41.1 Å². The number of nitrogens with zero attached hydrogens (tertiary/aromatic N) is 1. The summed E-state index contributed by atoms with van der Waals surface area (Å²) in [5.41, 5.74) is 1.04. The summed E-state index contributed by atoms with van der Waals surface area (Å²) in [4.78, 5) is 10.2. The third-order valence-corrected chi connectivity index (χ3v) is 3.04. The highest BCUT2D eigenvalue weighted by Crippen LogP contribution is 2.23. The quantitative estimate of drug-likeness (QED) is 0.355. The number of nitro groups is 1. The highest BCUT2D eigenvalue weighted by atomic mass is 127. The van der Waals surface area contributed by atoms with E-state index in [0.717, 1.165) is 35.4 Å². The van der Waals surface area contributed by atoms with Crippen LogP contribution in [0.4, 0.5) is 11.4 Å². The van der Waals surface area contributed by atoms with Crippen molar-refractivity contribution in [2.45, 2.75) is 13.3 Å². The molecule has 0 aromatic heterocycles. The minimum Gasteiger partial charge on any atom is -0.384 e. The monoisotopic (exact) mass is 350 g/mol. The fraction of sp³-hybridized carbons (Fsp3) is 0.455. The molecule has 0 saturated heterocycles. The summed E-state index contributed by atoms with van der Waals surface area (Å²) in [6, 6.07) is 4.80. The van der Waals surface area contributed by atoms with Gasteiger partial charge in [-0.15, -0.1) is 0 Å². The lowest BCUT2D eigenvalue weighted by atomic mass is 10.3. The first-order valence-electron chi connectivity index (χ1n) is 5.40. The van der Waals surface area contributed by atoms with E-state index in [1.807, 2.05) is 6.92 Å². The molecule has 1 aromatic rings. The fourth-order valence-corrected chi connectivity index (χ4v) is 1.99. The Kier molecular flexibility index (Phi) is 6.20. The number of nitrogens with one attached hydrogen (secondary N) is 1. The van der Waals surface area contributed by atoms with Gasteiger partial charge in [-0.25, -0.2) is 0 Å². The lowest BCUT2D eigenvalue weighted by molar-refractivity contribution is -0.384. The van der Waals surface area contributed by atoms with Crippen LogP contribution < -0.4 is 5.32 Å². The van der Waals surface area contributed by atoms with E-state index < -0.39 is 0 Å². The molecule has 0 spiro atoms. The van der Waals surface area contributed by atoms with Gasteiger partial charge in [0.25, 0.3) is 5.69 Å². The molecule has 0 unspecified atom stereocenters. The van der Waals surface area contributed by atoms with Crippen molar-refractivity contribution in [1.29, 1.82) is 0 Å². The van der Waals surface area contributed by atoms with Crippen LogP contribution in [0.5, 0.6) is 0 Å². The maximum Gasteiger partial charge on any atom is 0.270 e. The molecule has 0 fully saturated rings. The lowest BCUT2D eigenvalue weighted by Crippen LogP contribution is -2.06. The summed E-state index contributed by atoms with van der Waals surface area (Å²) < 4.78 is 6.08. The first-order valence-corrected chi connectivity index (χ1v) is 6.48. The van der Waals surface area contributed by atoms with Gasteiger partial charge < -0.3 is 10.1 Å². The molecule has 1 aromatic carbocycles. The second-order valence-corrected chi connectivity index (χ2v) is 4.56. The maximum atomic E-state index is 10.6. The van der Waals surface area contributed by atoms with Gasteiger partial charge in [0.1, 0.15) is 0 Å². The van der Waals surface area contributed by atoms with E-state index in [0.29, 0.717) is 0 Å². The van der Waals surface area contributed by atoms with E-state index in [1.165, 1.54) is 6.07 Å². The molecule has 1 rings (SSSR count). The van der Waals surface area contributed by atoms with Gasteiger partial charge in [0.2, 0.25) is 0 Å². The third-order valence-electron chi connectivity index (χ3n) is 2.15. The smallest absolute Gasteiger partial charge is 0.270 e. The normalized spacial score (nSPS) is 10.2. The lowest BCUT2D eigenvalue weighted by Gasteiger charge is -2.08. The minimum atomic E-state index is -0.388. The summed E-state index contributed by atoms with van der Waals surface area (Å²) >= 11 is 2.09. The standard InChI is InChI=1S/C11H15IN2O3/c1-2-17-7-3-6-13-11-5-4-9(14(15)16)8-10(11)12/h4-5,8,13H,2-3,6-7H2,1H3. The number of nitro benzene ring substituents is 1. The summed E-state index contributed by atoms with van der Waals surface area (Å²) in [7, 11) is 0. The molecule has 0 aliphatic carbocycles. The molecule has 0 bridgehead atoms. The van der Waals surface area contributed by atoms with E-state index in [9.17, 15) is 10.1 Å². The van der Waals surface area contributed by atoms with Crippen molar-refractivity contribution in [2.75, 3.05) is 25.1 Å². The molecular weight excluding hydrogens is 335 g/mol. The van der Waals surface area contributed by atoms with Crippen LogP contribution in [0.25, 0.3) is 0 Å². The zero-order valence-electron chi connectivity index (χ0n) is 9.61. The number of ether oxygens (including phenoxy) is 1. The Bertz CT molecular complexity index is 385. The maximum absolute atomic E-state index is 10.6. The highest BCUT2D eigenvalue weighted by molar-refractivity contribution is 14.1. The fourth-order valence-electron chi connectivity index (χ4n) is 1.30. The molecule has 0 saturated carbocycles. The van der Waals surface area contributed by atoms with Crippen LogP contribution in [0.1, 0.15) is 13.3 Å². The Morgan fingerprint density at radius 3 is 2.88 bits per heavy atom. The predicted octanol–water partition coefficient (Wildman–Crippen LogP) is 3.04. The Balaban J connectivity index is 2.46. The Hall–Kier alpha value is -0.890. The van der Waals surface area contributed by atoms with Gasteiger partial charge in [0.05, 0.1) is 4.92 Å². The number of halogens is 1.